The highest BCUT2D eigenvalue weighted by Crippen LogP contribution is 2.49. The van der Waals surface area contributed by atoms with E-state index < -0.39 is 0 Å². The molecule has 0 radical (unpaired) electrons. The molecule has 198 valence electrons. The summed E-state index contributed by atoms with van der Waals surface area (Å²) in [5.74, 6) is 3.41. The Kier molecular flexibility index (Phi) is 8.35. The lowest BCUT2D eigenvalue weighted by Gasteiger charge is -2.36. The van der Waals surface area contributed by atoms with Crippen LogP contribution in [-0.4, -0.2) is 80.6 Å². The Morgan fingerprint density at radius 3 is 2.58 bits per heavy atom. The van der Waals surface area contributed by atoms with Crippen molar-refractivity contribution in [3.63, 3.8) is 0 Å². The second kappa shape index (κ2) is 11.8. The lowest BCUT2D eigenvalue weighted by molar-refractivity contribution is -0.139. The topological polar surface area (TPSA) is 65.1 Å². The number of carbonyl (C=O) groups is 2. The van der Waals surface area contributed by atoms with Gasteiger partial charge in [-0.1, -0.05) is 18.6 Å². The van der Waals surface area contributed by atoms with Gasteiger partial charge in [-0.15, -0.1) is 0 Å². The van der Waals surface area contributed by atoms with Gasteiger partial charge in [-0.05, 0) is 81.4 Å². The lowest BCUT2D eigenvalue weighted by atomic mass is 9.86. The molecule has 2 aliphatic carbocycles. The summed E-state index contributed by atoms with van der Waals surface area (Å²) >= 11 is 0. The van der Waals surface area contributed by atoms with E-state index in [-0.39, 0.29) is 17.9 Å². The third-order valence-corrected chi connectivity index (χ3v) is 9.20. The standard InChI is InChI=1S/C29H44N4O3/c1-36-27-9-3-2-7-25(27)32-17-15-31(16-18-32)13-5-4-12-30-29(35)26-8-6-14-33(26)28(34)21-24-20-22-10-11-23(24)19-22/h2-3,7,9,22-24,26H,4-6,8,10-21H2,1H3,(H,30,35)/t22?,23?,24?,26-/m1/s1. The van der Waals surface area contributed by atoms with E-state index in [9.17, 15) is 9.59 Å². The number of fused-ring (bicyclic) bond motifs is 2. The number of nitrogens with zero attached hydrogens (tertiary/aromatic N) is 3. The van der Waals surface area contributed by atoms with Crippen LogP contribution >= 0.6 is 0 Å². The van der Waals surface area contributed by atoms with Crippen LogP contribution in [-0.2, 0) is 9.59 Å². The van der Waals surface area contributed by atoms with Gasteiger partial charge in [0, 0.05) is 45.7 Å². The van der Waals surface area contributed by atoms with Crippen LogP contribution < -0.4 is 15.0 Å². The summed E-state index contributed by atoms with van der Waals surface area (Å²) in [6.45, 7) is 6.62. The molecule has 5 rings (SSSR count). The minimum Gasteiger partial charge on any atom is -0.495 e. The largest absolute Gasteiger partial charge is 0.495 e. The van der Waals surface area contributed by atoms with Gasteiger partial charge in [-0.25, -0.2) is 0 Å². The predicted octanol–water partition coefficient (Wildman–Crippen LogP) is 3.53. The molecule has 3 unspecified atom stereocenters. The average Bonchev–Trinajstić information content (AvgIpc) is 3.66. The molecule has 1 N–H and O–H groups in total. The number of methoxy groups -OCH3 is 1. The minimum absolute atomic E-state index is 0.0548. The van der Waals surface area contributed by atoms with E-state index in [0.29, 0.717) is 18.9 Å². The van der Waals surface area contributed by atoms with Crippen molar-refractivity contribution in [3.05, 3.63) is 24.3 Å². The third kappa shape index (κ3) is 5.82. The molecule has 4 aliphatic rings. The maximum atomic E-state index is 13.0. The highest BCUT2D eigenvalue weighted by molar-refractivity contribution is 5.88. The summed E-state index contributed by atoms with van der Waals surface area (Å²) < 4.78 is 5.52. The number of rotatable bonds is 10. The molecule has 0 aromatic heterocycles. The third-order valence-electron chi connectivity index (χ3n) is 9.20. The number of piperazine rings is 1. The fourth-order valence-electron chi connectivity index (χ4n) is 7.20. The molecule has 36 heavy (non-hydrogen) atoms. The van der Waals surface area contributed by atoms with Gasteiger partial charge >= 0.3 is 0 Å². The number of likely N-dealkylation sites (tertiary alicyclic amines) is 1. The number of hydrogen-bond acceptors (Lipinski definition) is 5. The van der Waals surface area contributed by atoms with E-state index in [1.807, 2.05) is 17.0 Å². The molecule has 1 aromatic rings. The van der Waals surface area contributed by atoms with Crippen LogP contribution in [0.2, 0.25) is 0 Å². The summed E-state index contributed by atoms with van der Waals surface area (Å²) in [5.41, 5.74) is 1.18. The number of para-hydroxylation sites is 2. The normalized spacial score (nSPS) is 28.0. The zero-order valence-electron chi connectivity index (χ0n) is 22.0. The van der Waals surface area contributed by atoms with Crippen LogP contribution in [0.3, 0.4) is 0 Å². The monoisotopic (exact) mass is 496 g/mol. The molecule has 0 spiro atoms. The zero-order chi connectivity index (χ0) is 24.9. The number of hydrogen-bond donors (Lipinski definition) is 1. The molecule has 4 fully saturated rings. The summed E-state index contributed by atoms with van der Waals surface area (Å²) in [4.78, 5) is 32.7. The molecule has 2 heterocycles. The Hall–Kier alpha value is -2.28. The van der Waals surface area contributed by atoms with Gasteiger partial charge < -0.3 is 19.9 Å². The quantitative estimate of drug-likeness (QED) is 0.502. The van der Waals surface area contributed by atoms with Gasteiger partial charge in [0.1, 0.15) is 11.8 Å². The van der Waals surface area contributed by atoms with Gasteiger partial charge in [0.05, 0.1) is 12.8 Å². The van der Waals surface area contributed by atoms with E-state index in [2.05, 4.69) is 27.2 Å². The Labute approximate surface area is 216 Å². The number of ether oxygens (including phenoxy) is 1. The molecule has 2 saturated carbocycles. The Balaban J connectivity index is 0.974. The van der Waals surface area contributed by atoms with E-state index >= 15 is 0 Å². The molecule has 2 aliphatic heterocycles. The Morgan fingerprint density at radius 1 is 1.00 bits per heavy atom. The molecule has 2 amide bonds. The number of carbonyl (C=O) groups excluding carboxylic acids is 2. The molecule has 2 saturated heterocycles. The van der Waals surface area contributed by atoms with Crippen molar-refractivity contribution >= 4 is 17.5 Å². The highest BCUT2D eigenvalue weighted by atomic mass is 16.5. The number of amides is 2. The first-order valence-electron chi connectivity index (χ1n) is 14.3. The summed E-state index contributed by atoms with van der Waals surface area (Å²) in [6, 6.07) is 7.99. The van der Waals surface area contributed by atoms with Crippen molar-refractivity contribution in [1.82, 2.24) is 15.1 Å². The second-order valence-electron chi connectivity index (χ2n) is 11.4. The molecule has 2 bridgehead atoms. The lowest BCUT2D eigenvalue weighted by Crippen LogP contribution is -2.47. The SMILES string of the molecule is COc1ccccc1N1CCN(CCCCNC(=O)[C@H]2CCCN2C(=O)CC2CC3CCC2C3)CC1. The maximum Gasteiger partial charge on any atom is 0.242 e. The number of benzene rings is 1. The van der Waals surface area contributed by atoms with Crippen LogP contribution in [0.15, 0.2) is 24.3 Å². The smallest absolute Gasteiger partial charge is 0.242 e. The fourth-order valence-corrected chi connectivity index (χ4v) is 7.20. The van der Waals surface area contributed by atoms with Gasteiger partial charge in [0.25, 0.3) is 0 Å². The number of unbranched alkanes of at least 4 members (excludes halogenated alkanes) is 1. The average molecular weight is 497 g/mol. The minimum atomic E-state index is -0.251. The molecular weight excluding hydrogens is 452 g/mol. The van der Waals surface area contributed by atoms with Gasteiger partial charge in [0.2, 0.25) is 11.8 Å². The number of anilines is 1. The van der Waals surface area contributed by atoms with Crippen molar-refractivity contribution in [2.75, 3.05) is 57.8 Å². The summed E-state index contributed by atoms with van der Waals surface area (Å²) in [5, 5.41) is 3.14. The van der Waals surface area contributed by atoms with Crippen LogP contribution in [0.5, 0.6) is 5.75 Å². The first kappa shape index (κ1) is 25.4. The van der Waals surface area contributed by atoms with Crippen molar-refractivity contribution in [3.8, 4) is 5.75 Å². The predicted molar refractivity (Wildman–Crippen MR) is 142 cm³/mol. The van der Waals surface area contributed by atoms with Crippen LogP contribution in [0.25, 0.3) is 0 Å². The maximum absolute atomic E-state index is 13.0. The van der Waals surface area contributed by atoms with Crippen molar-refractivity contribution in [2.24, 2.45) is 17.8 Å². The van der Waals surface area contributed by atoms with Crippen LogP contribution in [0.4, 0.5) is 5.69 Å². The zero-order valence-corrected chi connectivity index (χ0v) is 22.0. The van der Waals surface area contributed by atoms with Crippen molar-refractivity contribution < 1.29 is 14.3 Å². The summed E-state index contributed by atoms with van der Waals surface area (Å²) in [7, 11) is 1.73. The Morgan fingerprint density at radius 2 is 1.83 bits per heavy atom. The summed E-state index contributed by atoms with van der Waals surface area (Å²) in [6.07, 6.45) is 9.71. The first-order chi connectivity index (χ1) is 17.6. The van der Waals surface area contributed by atoms with Gasteiger partial charge in [-0.3, -0.25) is 14.5 Å². The molecule has 1 aromatic carbocycles. The second-order valence-corrected chi connectivity index (χ2v) is 11.4. The molecule has 7 heteroatoms. The first-order valence-corrected chi connectivity index (χ1v) is 14.3. The molecular formula is C29H44N4O3. The number of nitrogens with one attached hydrogen (secondary N) is 1. The van der Waals surface area contributed by atoms with Crippen molar-refractivity contribution in [2.45, 2.75) is 63.8 Å². The Bertz CT molecular complexity index is 900. The van der Waals surface area contributed by atoms with Crippen LogP contribution in [0.1, 0.15) is 57.8 Å². The van der Waals surface area contributed by atoms with E-state index in [1.165, 1.54) is 31.4 Å². The fraction of sp³-hybridized carbons (Fsp3) is 0.724. The van der Waals surface area contributed by atoms with Crippen LogP contribution in [0, 0.1) is 17.8 Å². The van der Waals surface area contributed by atoms with E-state index in [1.54, 1.807) is 7.11 Å². The van der Waals surface area contributed by atoms with Gasteiger partial charge in [0.15, 0.2) is 0 Å². The highest BCUT2D eigenvalue weighted by Gasteiger charge is 2.42. The van der Waals surface area contributed by atoms with Gasteiger partial charge in [-0.2, -0.15) is 0 Å². The van der Waals surface area contributed by atoms with Crippen molar-refractivity contribution in [1.29, 1.82) is 0 Å². The molecule has 4 atom stereocenters. The van der Waals surface area contributed by atoms with E-state index in [4.69, 9.17) is 4.74 Å². The van der Waals surface area contributed by atoms with E-state index in [0.717, 1.165) is 82.5 Å². The molecule has 7 nitrogen and oxygen atoms in total.